The first-order valence-electron chi connectivity index (χ1n) is 13.7. The number of hydrogen-bond acceptors (Lipinski definition) is 7. The van der Waals surface area contributed by atoms with Gasteiger partial charge in [-0.2, -0.15) is 0 Å². The molecule has 0 spiro atoms. The largest absolute Gasteiger partial charge is 0.436 e. The second kappa shape index (κ2) is 16.2. The average Bonchev–Trinajstić information content (AvgIpc) is 3.37. The summed E-state index contributed by atoms with van der Waals surface area (Å²) in [6.45, 7) is 1.08. The molecule has 0 saturated heterocycles. The van der Waals surface area contributed by atoms with E-state index in [1.165, 1.54) is 52.9 Å². The molecule has 2 aromatic heterocycles. The molecule has 13 heteroatoms. The maximum atomic E-state index is 13.6. The number of ether oxygens (including phenoxy) is 3. The molecule has 12 nitrogen and oxygen atoms in total. The lowest BCUT2D eigenvalue weighted by Gasteiger charge is -2.25. The predicted molar refractivity (Wildman–Crippen MR) is 159 cm³/mol. The van der Waals surface area contributed by atoms with Gasteiger partial charge in [0.25, 0.3) is 11.5 Å². The minimum absolute atomic E-state index is 0.00958. The first-order chi connectivity index (χ1) is 20.6. The minimum Gasteiger partial charge on any atom is -0.436 e. The van der Waals surface area contributed by atoms with Gasteiger partial charge in [-0.3, -0.25) is 14.4 Å². The summed E-state index contributed by atoms with van der Waals surface area (Å²) < 4.78 is 30.7. The van der Waals surface area contributed by atoms with Crippen molar-refractivity contribution in [2.45, 2.75) is 25.5 Å². The SMILES string of the molecule is COCCN(CCOC)C(=O)O[C@@H](CC/C=C/C(=O)N(C)C)C(=O)Nc1cccn(Cc2cc3cc(F)ccc3[nH]2)c1=O. The first kappa shape index (κ1) is 33.0. The molecule has 0 radical (unpaired) electrons. The van der Waals surface area contributed by atoms with E-state index in [4.69, 9.17) is 14.2 Å². The molecule has 0 fully saturated rings. The van der Waals surface area contributed by atoms with Gasteiger partial charge >= 0.3 is 6.09 Å². The Morgan fingerprint density at radius 1 is 1.09 bits per heavy atom. The third-order valence-electron chi connectivity index (χ3n) is 6.48. The van der Waals surface area contributed by atoms with Crippen LogP contribution in [-0.4, -0.2) is 98.0 Å². The monoisotopic (exact) mass is 599 g/mol. The summed E-state index contributed by atoms with van der Waals surface area (Å²) in [6, 6.07) is 9.17. The van der Waals surface area contributed by atoms with Crippen molar-refractivity contribution in [2.24, 2.45) is 0 Å². The number of rotatable bonds is 15. The number of aromatic nitrogens is 2. The molecular formula is C30H38FN5O7. The van der Waals surface area contributed by atoms with Crippen LogP contribution < -0.4 is 10.9 Å². The first-order valence-corrected chi connectivity index (χ1v) is 13.7. The summed E-state index contributed by atoms with van der Waals surface area (Å²) in [6.07, 6.45) is 2.82. The average molecular weight is 600 g/mol. The highest BCUT2D eigenvalue weighted by atomic mass is 19.1. The summed E-state index contributed by atoms with van der Waals surface area (Å²) in [5.74, 6) is -1.29. The van der Waals surface area contributed by atoms with Gasteiger partial charge in [0, 0.05) is 64.2 Å². The van der Waals surface area contributed by atoms with E-state index in [-0.39, 0.29) is 63.1 Å². The molecule has 43 heavy (non-hydrogen) atoms. The number of nitrogens with one attached hydrogen (secondary N) is 2. The summed E-state index contributed by atoms with van der Waals surface area (Å²) >= 11 is 0. The maximum Gasteiger partial charge on any atom is 0.410 e. The van der Waals surface area contributed by atoms with Gasteiger partial charge < -0.3 is 38.9 Å². The van der Waals surface area contributed by atoms with Crippen molar-refractivity contribution >= 4 is 34.5 Å². The van der Waals surface area contributed by atoms with E-state index in [2.05, 4.69) is 10.3 Å². The second-order valence-electron chi connectivity index (χ2n) is 9.93. The zero-order chi connectivity index (χ0) is 31.4. The Hall–Kier alpha value is -4.49. The third-order valence-corrected chi connectivity index (χ3v) is 6.48. The molecule has 3 rings (SSSR count). The Morgan fingerprint density at radius 3 is 2.49 bits per heavy atom. The van der Waals surface area contributed by atoms with Gasteiger partial charge in [-0.15, -0.1) is 0 Å². The van der Waals surface area contributed by atoms with Crippen LogP contribution >= 0.6 is 0 Å². The van der Waals surface area contributed by atoms with Gasteiger partial charge in [-0.25, -0.2) is 9.18 Å². The van der Waals surface area contributed by atoms with Crippen molar-refractivity contribution < 1.29 is 33.0 Å². The number of aromatic amines is 1. The number of benzene rings is 1. The molecule has 0 aliphatic carbocycles. The molecule has 2 N–H and O–H groups in total. The summed E-state index contributed by atoms with van der Waals surface area (Å²) in [5.41, 5.74) is 0.905. The van der Waals surface area contributed by atoms with Crippen LogP contribution in [0.2, 0.25) is 0 Å². The Labute approximate surface area is 249 Å². The topological polar surface area (TPSA) is 135 Å². The van der Waals surface area contributed by atoms with E-state index in [9.17, 15) is 23.6 Å². The van der Waals surface area contributed by atoms with Crippen molar-refractivity contribution in [2.75, 3.05) is 59.9 Å². The highest BCUT2D eigenvalue weighted by molar-refractivity contribution is 5.95. The van der Waals surface area contributed by atoms with E-state index in [1.54, 1.807) is 44.6 Å². The number of H-pyrrole nitrogens is 1. The maximum absolute atomic E-state index is 13.6. The smallest absolute Gasteiger partial charge is 0.410 e. The van der Waals surface area contributed by atoms with E-state index in [1.807, 2.05) is 0 Å². The number of amides is 3. The molecule has 0 bridgehead atoms. The van der Waals surface area contributed by atoms with Gasteiger partial charge in [0.1, 0.15) is 11.5 Å². The fourth-order valence-electron chi connectivity index (χ4n) is 4.12. The van der Waals surface area contributed by atoms with Gasteiger partial charge in [0.05, 0.1) is 19.8 Å². The molecule has 3 aromatic rings. The third kappa shape index (κ3) is 9.79. The number of carbonyl (C=O) groups excluding carboxylic acids is 3. The number of likely N-dealkylation sites (N-methyl/N-ethyl adjacent to an activating group) is 1. The lowest BCUT2D eigenvalue weighted by atomic mass is 10.1. The number of fused-ring (bicyclic) bond motifs is 1. The zero-order valence-corrected chi connectivity index (χ0v) is 24.8. The van der Waals surface area contributed by atoms with Crippen LogP contribution in [0.3, 0.4) is 0 Å². The molecule has 1 aromatic carbocycles. The number of hydrogen-bond donors (Lipinski definition) is 2. The minimum atomic E-state index is -1.27. The summed E-state index contributed by atoms with van der Waals surface area (Å²) in [5, 5.41) is 3.26. The van der Waals surface area contributed by atoms with Gasteiger partial charge in [0.2, 0.25) is 5.91 Å². The number of carbonyl (C=O) groups is 3. The van der Waals surface area contributed by atoms with Crippen LogP contribution in [0.15, 0.2) is 59.5 Å². The number of allylic oxidation sites excluding steroid dienone is 1. The Kier molecular flexibility index (Phi) is 12.5. The molecule has 0 saturated carbocycles. The van der Waals surface area contributed by atoms with Crippen LogP contribution in [-0.2, 0) is 30.3 Å². The summed E-state index contributed by atoms with van der Waals surface area (Å²) in [4.78, 5) is 57.4. The fourth-order valence-corrected chi connectivity index (χ4v) is 4.12. The van der Waals surface area contributed by atoms with Crippen molar-refractivity contribution in [1.29, 1.82) is 0 Å². The normalized spacial score (nSPS) is 11.9. The predicted octanol–water partition coefficient (Wildman–Crippen LogP) is 2.98. The van der Waals surface area contributed by atoms with Crippen LogP contribution in [0.1, 0.15) is 18.5 Å². The van der Waals surface area contributed by atoms with E-state index in [0.29, 0.717) is 11.1 Å². The van der Waals surface area contributed by atoms with Crippen LogP contribution in [0, 0.1) is 5.82 Å². The lowest BCUT2D eigenvalue weighted by molar-refractivity contribution is -0.125. The molecule has 232 valence electrons. The zero-order valence-electron chi connectivity index (χ0n) is 24.8. The molecule has 2 heterocycles. The van der Waals surface area contributed by atoms with Gasteiger partial charge in [-0.05, 0) is 55.3 Å². The van der Waals surface area contributed by atoms with Crippen molar-refractivity contribution in [3.05, 3.63) is 76.6 Å². The standard InChI is InChI=1S/C30H38FN5O7/c1-34(2)27(37)10-6-5-9-26(43-30(40)35(14-16-41-3)15-17-42-4)28(38)33-25-8-7-13-36(29(25)39)20-23-19-21-18-22(31)11-12-24(21)32-23/h6-8,10-13,18-19,26,32H,5,9,14-17,20H2,1-4H3,(H,33,38)/b10-6+/t26-/m0/s1. The fraction of sp³-hybridized carbons (Fsp3) is 0.400. The number of methoxy groups -OCH3 is 2. The highest BCUT2D eigenvalue weighted by Crippen LogP contribution is 2.17. The second-order valence-corrected chi connectivity index (χ2v) is 9.93. The van der Waals surface area contributed by atoms with Gasteiger partial charge in [-0.1, -0.05) is 6.08 Å². The Morgan fingerprint density at radius 2 is 1.81 bits per heavy atom. The van der Waals surface area contributed by atoms with Crippen LogP contribution in [0.5, 0.6) is 0 Å². The number of anilines is 1. The molecule has 1 atom stereocenters. The highest BCUT2D eigenvalue weighted by Gasteiger charge is 2.26. The molecule has 0 aliphatic rings. The van der Waals surface area contributed by atoms with Crippen molar-refractivity contribution in [3.8, 4) is 0 Å². The van der Waals surface area contributed by atoms with Crippen LogP contribution in [0.4, 0.5) is 14.9 Å². The number of halogens is 1. The molecular weight excluding hydrogens is 561 g/mol. The van der Waals surface area contributed by atoms with Gasteiger partial charge in [0.15, 0.2) is 6.10 Å². The quantitative estimate of drug-likeness (QED) is 0.257. The molecule has 0 aliphatic heterocycles. The van der Waals surface area contributed by atoms with Crippen LogP contribution in [0.25, 0.3) is 10.9 Å². The lowest BCUT2D eigenvalue weighted by Crippen LogP contribution is -2.42. The molecule has 0 unspecified atom stereocenters. The summed E-state index contributed by atoms with van der Waals surface area (Å²) in [7, 11) is 6.23. The Bertz CT molecular complexity index is 1480. The number of pyridine rings is 1. The van der Waals surface area contributed by atoms with E-state index in [0.717, 1.165) is 5.52 Å². The van der Waals surface area contributed by atoms with Crippen molar-refractivity contribution in [1.82, 2.24) is 19.4 Å². The number of nitrogens with zero attached hydrogens (tertiary/aromatic N) is 3. The van der Waals surface area contributed by atoms with Crippen molar-refractivity contribution in [3.63, 3.8) is 0 Å². The molecule has 3 amide bonds. The Balaban J connectivity index is 1.78. The van der Waals surface area contributed by atoms with E-state index < -0.39 is 23.7 Å². The van der Waals surface area contributed by atoms with E-state index >= 15 is 0 Å².